The van der Waals surface area contributed by atoms with Gasteiger partial charge < -0.3 is 0 Å². The molecule has 4 heteroatoms. The maximum absolute atomic E-state index is 11.4. The van der Waals surface area contributed by atoms with Crippen molar-refractivity contribution < 1.29 is 13.2 Å². The monoisotopic (exact) mass is 254 g/mol. The Balaban J connectivity index is 3.17. The molecule has 0 nitrogen and oxygen atoms in total. The van der Waals surface area contributed by atoms with Gasteiger partial charge in [-0.1, -0.05) is 0 Å². The van der Waals surface area contributed by atoms with Crippen LogP contribution in [0.2, 0.25) is 8.94 Å². The van der Waals surface area contributed by atoms with Crippen molar-refractivity contribution in [3.63, 3.8) is 0 Å². The predicted molar refractivity (Wildman–Crippen MR) is 31.6 cm³/mol. The first-order chi connectivity index (χ1) is 4.06. The van der Waals surface area contributed by atoms with Crippen molar-refractivity contribution in [2.75, 3.05) is 0 Å². The number of hydrogen-bond donors (Lipinski definition) is 0. The summed E-state index contributed by atoms with van der Waals surface area (Å²) in [5.41, 5.74) is 0. The average Bonchev–Trinajstić information content (AvgIpc) is 1.63. The van der Waals surface area contributed by atoms with Gasteiger partial charge in [-0.3, -0.25) is 0 Å². The van der Waals surface area contributed by atoms with E-state index in [9.17, 15) is 13.2 Å². The summed E-state index contributed by atoms with van der Waals surface area (Å²) in [4.78, 5) is 0. The fourth-order valence-corrected chi connectivity index (χ4v) is 1.73. The van der Waals surface area contributed by atoms with Crippen LogP contribution in [-0.4, -0.2) is 27.1 Å². The van der Waals surface area contributed by atoms with Crippen LogP contribution in [0.3, 0.4) is 0 Å². The zero-order chi connectivity index (χ0) is 7.33. The van der Waals surface area contributed by atoms with Crippen LogP contribution in [0.4, 0.5) is 13.2 Å². The summed E-state index contributed by atoms with van der Waals surface area (Å²) in [6.45, 7) is 3.35. The van der Waals surface area contributed by atoms with E-state index in [0.29, 0.717) is 4.47 Å². The zero-order valence-corrected chi connectivity index (χ0v) is 7.07. The Labute approximate surface area is 62.2 Å². The molecule has 0 rings (SSSR count). The summed E-state index contributed by atoms with van der Waals surface area (Å²) in [7, 11) is 0. The Morgan fingerprint density at radius 2 is 2.00 bits per heavy atom. The van der Waals surface area contributed by atoms with Crippen LogP contribution >= 0.6 is 0 Å². The molecule has 0 aliphatic heterocycles. The molecule has 0 saturated heterocycles. The quantitative estimate of drug-likeness (QED) is 0.410. The SMILES string of the molecule is C=CC[Te+]CC(F)(F)F. The standard InChI is InChI=1S/C5H7F3Te/c1-2-3-9-4-5(6,7)8/h2H,1,3-4H2/q+1. The van der Waals surface area contributed by atoms with E-state index in [1.165, 1.54) is 0 Å². The van der Waals surface area contributed by atoms with Crippen molar-refractivity contribution >= 4 is 20.9 Å². The molecule has 0 spiro atoms. The molecule has 0 aromatic heterocycles. The minimum absolute atomic E-state index is 0.565. The Morgan fingerprint density at radius 3 is 2.33 bits per heavy atom. The van der Waals surface area contributed by atoms with Crippen molar-refractivity contribution in [1.82, 2.24) is 0 Å². The first-order valence-electron chi connectivity index (χ1n) is 2.31. The maximum atomic E-state index is 11.4. The summed E-state index contributed by atoms with van der Waals surface area (Å²) in [6, 6.07) is 0. The molecule has 0 bridgehead atoms. The first kappa shape index (κ1) is 9.32. The minimum atomic E-state index is -3.94. The molecular formula is C5H7F3Te+. The molecule has 0 atom stereocenters. The van der Waals surface area contributed by atoms with Crippen LogP contribution in [-0.2, 0) is 0 Å². The van der Waals surface area contributed by atoms with Gasteiger partial charge in [-0.15, -0.1) is 0 Å². The van der Waals surface area contributed by atoms with Gasteiger partial charge in [0, 0.05) is 0 Å². The molecule has 0 fully saturated rings. The van der Waals surface area contributed by atoms with E-state index >= 15 is 0 Å². The molecule has 0 aromatic rings. The van der Waals surface area contributed by atoms with Gasteiger partial charge >= 0.3 is 61.9 Å². The molecule has 0 amide bonds. The summed E-state index contributed by atoms with van der Waals surface area (Å²) in [5.74, 6) is 0. The molecule has 0 aliphatic carbocycles. The first-order valence-corrected chi connectivity index (χ1v) is 5.61. The van der Waals surface area contributed by atoms with E-state index in [1.807, 2.05) is 0 Å². The second-order valence-corrected chi connectivity index (χ2v) is 4.36. The van der Waals surface area contributed by atoms with Crippen molar-refractivity contribution in [3.05, 3.63) is 12.7 Å². The third-order valence-electron chi connectivity index (χ3n) is 0.501. The second-order valence-electron chi connectivity index (χ2n) is 1.42. The third-order valence-corrected chi connectivity index (χ3v) is 3.36. The normalized spacial score (nSPS) is 11.4. The number of allylic oxidation sites excluding steroid dienone is 1. The predicted octanol–water partition coefficient (Wildman–Crippen LogP) is 2.28. The van der Waals surface area contributed by atoms with Gasteiger partial charge in [0.1, 0.15) is 0 Å². The Kier molecular flexibility index (Phi) is 4.33. The molecule has 0 aromatic carbocycles. The van der Waals surface area contributed by atoms with Crippen LogP contribution in [0.1, 0.15) is 0 Å². The molecule has 0 heterocycles. The van der Waals surface area contributed by atoms with Gasteiger partial charge in [0.2, 0.25) is 0 Å². The van der Waals surface area contributed by atoms with Gasteiger partial charge in [0.25, 0.3) is 0 Å². The molecule has 53 valence electrons. The third kappa shape index (κ3) is 8.32. The molecule has 1 radical (unpaired) electrons. The van der Waals surface area contributed by atoms with Gasteiger partial charge in [-0.05, 0) is 0 Å². The fraction of sp³-hybridized carbons (Fsp3) is 0.600. The van der Waals surface area contributed by atoms with E-state index in [-0.39, 0.29) is 0 Å². The van der Waals surface area contributed by atoms with E-state index in [4.69, 9.17) is 0 Å². The Morgan fingerprint density at radius 1 is 1.44 bits per heavy atom. The van der Waals surface area contributed by atoms with E-state index in [1.54, 1.807) is 6.08 Å². The summed E-state index contributed by atoms with van der Waals surface area (Å²) >= 11 is -0.866. The van der Waals surface area contributed by atoms with Gasteiger partial charge in [0.05, 0.1) is 0 Å². The van der Waals surface area contributed by atoms with Gasteiger partial charge in [-0.25, -0.2) is 0 Å². The number of halogens is 3. The van der Waals surface area contributed by atoms with Crippen LogP contribution in [0.5, 0.6) is 0 Å². The molecular weight excluding hydrogens is 245 g/mol. The second kappa shape index (κ2) is 4.19. The molecule has 9 heavy (non-hydrogen) atoms. The Hall–Kier alpha value is 0.320. The molecule has 0 saturated carbocycles. The number of rotatable bonds is 3. The molecule has 0 unspecified atom stereocenters. The summed E-state index contributed by atoms with van der Waals surface area (Å²) < 4.78 is 34.1. The van der Waals surface area contributed by atoms with Crippen molar-refractivity contribution in [2.24, 2.45) is 0 Å². The Bertz CT molecular complexity index is 86.7. The van der Waals surface area contributed by atoms with Crippen molar-refractivity contribution in [3.8, 4) is 0 Å². The van der Waals surface area contributed by atoms with Crippen LogP contribution in [0.15, 0.2) is 12.7 Å². The van der Waals surface area contributed by atoms with Crippen molar-refractivity contribution in [1.29, 1.82) is 0 Å². The number of hydrogen-bond acceptors (Lipinski definition) is 0. The summed E-state index contributed by atoms with van der Waals surface area (Å²) in [6.07, 6.45) is -2.39. The average molecular weight is 252 g/mol. The summed E-state index contributed by atoms with van der Waals surface area (Å²) in [5, 5.41) is 0. The topological polar surface area (TPSA) is 0 Å². The van der Waals surface area contributed by atoms with Crippen molar-refractivity contribution in [2.45, 2.75) is 15.1 Å². The zero-order valence-electron chi connectivity index (χ0n) is 4.74. The number of alkyl halides is 3. The van der Waals surface area contributed by atoms with E-state index in [0.717, 1.165) is 0 Å². The van der Waals surface area contributed by atoms with Gasteiger partial charge in [0.15, 0.2) is 0 Å². The van der Waals surface area contributed by atoms with E-state index < -0.39 is 31.6 Å². The van der Waals surface area contributed by atoms with E-state index in [2.05, 4.69) is 6.58 Å². The van der Waals surface area contributed by atoms with Gasteiger partial charge in [-0.2, -0.15) is 0 Å². The fourth-order valence-electron chi connectivity index (χ4n) is 0.258. The van der Waals surface area contributed by atoms with Crippen LogP contribution in [0, 0.1) is 0 Å². The molecule has 0 N–H and O–H groups in total. The van der Waals surface area contributed by atoms with Crippen LogP contribution < -0.4 is 0 Å². The molecule has 0 aliphatic rings. The van der Waals surface area contributed by atoms with Crippen LogP contribution in [0.25, 0.3) is 0 Å².